The van der Waals surface area contributed by atoms with Crippen molar-refractivity contribution >= 4 is 35.2 Å². The first-order valence-corrected chi connectivity index (χ1v) is 9.81. The van der Waals surface area contributed by atoms with Crippen LogP contribution < -0.4 is 0 Å². The molecule has 0 aromatic heterocycles. The van der Waals surface area contributed by atoms with Gasteiger partial charge in [0.15, 0.2) is 0 Å². The smallest absolute Gasteiger partial charge is 0.143 e. The first kappa shape index (κ1) is 21.1. The highest BCUT2D eigenvalue weighted by molar-refractivity contribution is 6.33. The minimum atomic E-state index is -0.844. The van der Waals surface area contributed by atoms with Gasteiger partial charge in [0.2, 0.25) is 0 Å². The fourth-order valence-corrected chi connectivity index (χ4v) is 3.24. The van der Waals surface area contributed by atoms with Gasteiger partial charge in [0.25, 0.3) is 0 Å². The van der Waals surface area contributed by atoms with Crippen LogP contribution in [0, 0.1) is 12.7 Å². The van der Waals surface area contributed by atoms with E-state index in [4.69, 9.17) is 32.7 Å². The van der Waals surface area contributed by atoms with E-state index in [-0.39, 0.29) is 25.6 Å². The van der Waals surface area contributed by atoms with Gasteiger partial charge in [-0.2, -0.15) is 0 Å². The van der Waals surface area contributed by atoms with E-state index in [9.17, 15) is 4.39 Å². The molecule has 0 spiro atoms. The van der Waals surface area contributed by atoms with Crippen LogP contribution in [0.3, 0.4) is 0 Å². The molecule has 0 bridgehead atoms. The molecule has 0 amide bonds. The van der Waals surface area contributed by atoms with Crippen LogP contribution in [0.2, 0.25) is 10.0 Å². The third-order valence-corrected chi connectivity index (χ3v) is 5.46. The van der Waals surface area contributed by atoms with Gasteiger partial charge in [0.1, 0.15) is 11.4 Å². The van der Waals surface area contributed by atoms with Gasteiger partial charge in [-0.1, -0.05) is 23.2 Å². The molecule has 1 fully saturated rings. The predicted molar refractivity (Wildman–Crippen MR) is 111 cm³/mol. The van der Waals surface area contributed by atoms with Crippen molar-refractivity contribution in [1.29, 1.82) is 0 Å². The summed E-state index contributed by atoms with van der Waals surface area (Å²) in [5, 5.41) is 1.13. The van der Waals surface area contributed by atoms with E-state index in [1.54, 1.807) is 30.6 Å². The quantitative estimate of drug-likeness (QED) is 0.434. The van der Waals surface area contributed by atoms with Crippen molar-refractivity contribution in [3.05, 3.63) is 62.9 Å². The van der Waals surface area contributed by atoms with Gasteiger partial charge in [-0.15, -0.1) is 0 Å². The van der Waals surface area contributed by atoms with Crippen molar-refractivity contribution in [3.8, 4) is 0 Å². The third kappa shape index (κ3) is 4.49. The lowest BCUT2D eigenvalue weighted by molar-refractivity contribution is -0.224. The Balaban J connectivity index is 1.84. The number of hydrogen-bond acceptors (Lipinski definition) is 3. The molecule has 1 aliphatic rings. The maximum absolute atomic E-state index is 15.0. The molecular weight excluding hydrogens is 402 g/mol. The highest BCUT2D eigenvalue weighted by Gasteiger charge is 2.44. The molecule has 150 valence electrons. The number of rotatable bonds is 7. The Labute approximate surface area is 174 Å². The second-order valence-corrected chi connectivity index (χ2v) is 7.79. The summed E-state index contributed by atoms with van der Waals surface area (Å²) < 4.78 is 26.4. The first-order chi connectivity index (χ1) is 13.3. The number of aliphatic imine (C=N–C) groups is 1. The maximum Gasteiger partial charge on any atom is 0.143 e. The van der Waals surface area contributed by atoms with E-state index in [2.05, 4.69) is 4.99 Å². The lowest BCUT2D eigenvalue weighted by atomic mass is 9.89. The summed E-state index contributed by atoms with van der Waals surface area (Å²) in [5.41, 5.74) is 1.84. The largest absolute Gasteiger partial charge is 0.375 e. The molecule has 0 aliphatic carbocycles. The fourth-order valence-electron chi connectivity index (χ4n) is 2.88. The molecule has 0 unspecified atom stereocenters. The number of benzene rings is 2. The summed E-state index contributed by atoms with van der Waals surface area (Å²) in [5.74, 6) is -0.364. The molecule has 0 N–H and O–H groups in total. The normalized spacial score (nSPS) is 15.6. The van der Waals surface area contributed by atoms with Crippen LogP contribution in [0.15, 0.2) is 35.3 Å². The van der Waals surface area contributed by atoms with Crippen LogP contribution in [0.5, 0.6) is 0 Å². The van der Waals surface area contributed by atoms with E-state index in [1.165, 1.54) is 6.07 Å². The zero-order chi connectivity index (χ0) is 20.3. The van der Waals surface area contributed by atoms with Crippen molar-refractivity contribution in [2.45, 2.75) is 26.1 Å². The highest BCUT2D eigenvalue weighted by Crippen LogP contribution is 2.39. The zero-order valence-electron chi connectivity index (χ0n) is 16.1. The van der Waals surface area contributed by atoms with Crippen LogP contribution in [-0.4, -0.2) is 38.0 Å². The molecule has 0 radical (unpaired) electrons. The molecule has 1 aliphatic heterocycles. The molecule has 28 heavy (non-hydrogen) atoms. The molecule has 4 nitrogen and oxygen atoms in total. The molecule has 1 saturated heterocycles. The Morgan fingerprint density at radius 2 is 2.04 bits per heavy atom. The summed E-state index contributed by atoms with van der Waals surface area (Å²) in [6.45, 7) is 5.52. The summed E-state index contributed by atoms with van der Waals surface area (Å²) in [7, 11) is 1.92. The molecule has 0 saturated carbocycles. The summed E-state index contributed by atoms with van der Waals surface area (Å²) in [6.07, 6.45) is 1.70. The van der Waals surface area contributed by atoms with Gasteiger partial charge >= 0.3 is 0 Å². The van der Waals surface area contributed by atoms with Crippen molar-refractivity contribution in [3.63, 3.8) is 0 Å². The molecule has 2 aromatic rings. The summed E-state index contributed by atoms with van der Waals surface area (Å²) in [4.78, 5) is 6.30. The average molecular weight is 425 g/mol. The van der Waals surface area contributed by atoms with E-state index < -0.39 is 5.60 Å². The first-order valence-electron chi connectivity index (χ1n) is 9.05. The minimum absolute atomic E-state index is 0.211. The third-order valence-electron chi connectivity index (χ3n) is 4.85. The van der Waals surface area contributed by atoms with Crippen molar-refractivity contribution in [1.82, 2.24) is 4.90 Å². The van der Waals surface area contributed by atoms with Crippen molar-refractivity contribution in [2.75, 3.05) is 26.8 Å². The van der Waals surface area contributed by atoms with Gasteiger partial charge in [0.05, 0.1) is 31.8 Å². The average Bonchev–Trinajstić information content (AvgIpc) is 2.64. The Morgan fingerprint density at radius 1 is 1.29 bits per heavy atom. The fraction of sp³-hybridized carbons (Fsp3) is 0.381. The molecule has 2 aromatic carbocycles. The predicted octanol–water partition coefficient (Wildman–Crippen LogP) is 5.49. The molecule has 1 heterocycles. The second kappa shape index (κ2) is 8.78. The van der Waals surface area contributed by atoms with Crippen molar-refractivity contribution in [2.24, 2.45) is 4.99 Å². The maximum atomic E-state index is 15.0. The Hall–Kier alpha value is -1.66. The monoisotopic (exact) mass is 424 g/mol. The van der Waals surface area contributed by atoms with E-state index in [0.717, 1.165) is 17.7 Å². The van der Waals surface area contributed by atoms with E-state index in [0.29, 0.717) is 21.3 Å². The lowest BCUT2D eigenvalue weighted by Crippen LogP contribution is -2.49. The second-order valence-electron chi connectivity index (χ2n) is 6.95. The SMILES string of the molecule is CCN(C)C=Nc1cc(F)c(C2(OCc3cc(Cl)ccc3Cl)COC2)cc1C. The Kier molecular flexibility index (Phi) is 6.61. The lowest BCUT2D eigenvalue weighted by Gasteiger charge is -2.42. The summed E-state index contributed by atoms with van der Waals surface area (Å²) >= 11 is 12.3. The van der Waals surface area contributed by atoms with Crippen LogP contribution in [0.1, 0.15) is 23.6 Å². The topological polar surface area (TPSA) is 34.1 Å². The summed E-state index contributed by atoms with van der Waals surface area (Å²) in [6, 6.07) is 8.42. The van der Waals surface area contributed by atoms with Crippen LogP contribution >= 0.6 is 23.2 Å². The Morgan fingerprint density at radius 3 is 2.68 bits per heavy atom. The zero-order valence-corrected chi connectivity index (χ0v) is 17.6. The number of aryl methyl sites for hydroxylation is 1. The number of ether oxygens (including phenoxy) is 2. The van der Waals surface area contributed by atoms with Crippen LogP contribution in [0.25, 0.3) is 0 Å². The van der Waals surface area contributed by atoms with Gasteiger partial charge in [0, 0.05) is 35.3 Å². The van der Waals surface area contributed by atoms with Crippen LogP contribution in [0.4, 0.5) is 10.1 Å². The molecule has 3 rings (SSSR count). The van der Waals surface area contributed by atoms with E-state index in [1.807, 2.05) is 25.8 Å². The minimum Gasteiger partial charge on any atom is -0.375 e. The standard InChI is InChI=1S/C21H23Cl2FN2O2/c1-4-26(3)13-25-20-9-19(24)17(7-14(20)2)21(11-27-12-21)28-10-15-8-16(22)5-6-18(15)23/h5-9,13H,4,10-12H2,1-3H3. The number of hydrogen-bond donors (Lipinski definition) is 0. The van der Waals surface area contributed by atoms with E-state index >= 15 is 0 Å². The molecule has 7 heteroatoms. The molecular formula is C21H23Cl2FN2O2. The highest BCUT2D eigenvalue weighted by atomic mass is 35.5. The van der Waals surface area contributed by atoms with Gasteiger partial charge in [-0.05, 0) is 49.2 Å². The number of halogens is 3. The van der Waals surface area contributed by atoms with Crippen molar-refractivity contribution < 1.29 is 13.9 Å². The Bertz CT molecular complexity index is 885. The van der Waals surface area contributed by atoms with Gasteiger partial charge < -0.3 is 14.4 Å². The van der Waals surface area contributed by atoms with Crippen LogP contribution in [-0.2, 0) is 21.7 Å². The molecule has 0 atom stereocenters. The van der Waals surface area contributed by atoms with Gasteiger partial charge in [-0.25, -0.2) is 9.38 Å². The number of nitrogens with zero attached hydrogens (tertiary/aromatic N) is 2. The van der Waals surface area contributed by atoms with Gasteiger partial charge in [-0.3, -0.25) is 0 Å².